The highest BCUT2D eigenvalue weighted by molar-refractivity contribution is 5.89. The van der Waals surface area contributed by atoms with Crippen molar-refractivity contribution >= 4 is 24.5 Å². The topological polar surface area (TPSA) is 102 Å². The summed E-state index contributed by atoms with van der Waals surface area (Å²) in [5.41, 5.74) is 7.23. The number of alkyl halides is 1. The molecular weight excluding hydrogens is 452 g/mol. The second-order valence-corrected chi connectivity index (χ2v) is 9.50. The zero-order valence-corrected chi connectivity index (χ0v) is 19.6. The highest BCUT2D eigenvalue weighted by Gasteiger charge is 2.42. The molecule has 2 aromatic rings. The molecular formula is C26H30F2N5O2+. The van der Waals surface area contributed by atoms with Crippen LogP contribution in [0.3, 0.4) is 0 Å². The van der Waals surface area contributed by atoms with Crippen molar-refractivity contribution in [3.63, 3.8) is 0 Å². The highest BCUT2D eigenvalue weighted by Crippen LogP contribution is 2.48. The zero-order valence-electron chi connectivity index (χ0n) is 19.6. The molecule has 35 heavy (non-hydrogen) atoms. The fourth-order valence-corrected chi connectivity index (χ4v) is 4.60. The molecule has 184 valence electrons. The number of carbonyl (C=O) groups excluding carboxylic acids is 2. The van der Waals surface area contributed by atoms with Gasteiger partial charge in [0.15, 0.2) is 6.34 Å². The summed E-state index contributed by atoms with van der Waals surface area (Å²) in [6, 6.07) is 12.5. The molecule has 2 amide bonds. The van der Waals surface area contributed by atoms with Gasteiger partial charge in [-0.05, 0) is 41.0 Å². The fraction of sp³-hybridized carbons (Fsp3) is 0.385. The smallest absolute Gasteiger partial charge is 0.258 e. The lowest BCUT2D eigenvalue weighted by Crippen LogP contribution is -2.49. The van der Waals surface area contributed by atoms with Gasteiger partial charge in [-0.1, -0.05) is 49.4 Å². The maximum atomic E-state index is 15.1. The van der Waals surface area contributed by atoms with Crippen LogP contribution in [0.2, 0.25) is 0 Å². The molecule has 1 saturated heterocycles. The third kappa shape index (κ3) is 5.23. The van der Waals surface area contributed by atoms with Gasteiger partial charge >= 0.3 is 0 Å². The van der Waals surface area contributed by atoms with E-state index in [1.165, 1.54) is 11.0 Å². The van der Waals surface area contributed by atoms with Crippen molar-refractivity contribution in [2.75, 3.05) is 13.1 Å². The average Bonchev–Trinajstić information content (AvgIpc) is 3.48. The maximum Gasteiger partial charge on any atom is 0.258 e. The molecule has 0 radical (unpaired) electrons. The summed E-state index contributed by atoms with van der Waals surface area (Å²) >= 11 is 0. The van der Waals surface area contributed by atoms with E-state index >= 15 is 4.39 Å². The maximum absolute atomic E-state index is 15.1. The number of hydrogen-bond acceptors (Lipinski definition) is 3. The highest BCUT2D eigenvalue weighted by atomic mass is 19.1. The predicted molar refractivity (Wildman–Crippen MR) is 129 cm³/mol. The third-order valence-electron chi connectivity index (χ3n) is 6.94. The molecule has 4 N–H and O–H groups in total. The van der Waals surface area contributed by atoms with Crippen LogP contribution in [0, 0.1) is 11.2 Å². The van der Waals surface area contributed by atoms with E-state index in [0.717, 1.165) is 35.7 Å². The molecule has 3 atom stereocenters. The van der Waals surface area contributed by atoms with Crippen LogP contribution >= 0.6 is 0 Å². The molecule has 0 bridgehead atoms. The van der Waals surface area contributed by atoms with Crippen molar-refractivity contribution < 1.29 is 22.9 Å². The monoisotopic (exact) mass is 482 g/mol. The van der Waals surface area contributed by atoms with Crippen LogP contribution in [-0.4, -0.2) is 59.3 Å². The number of nitrogens with two attached hydrogens (primary N) is 1. The number of nitrogens with zero attached hydrogens (tertiary/aromatic N) is 2. The van der Waals surface area contributed by atoms with Gasteiger partial charge in [-0.2, -0.15) is 5.41 Å². The fourth-order valence-electron chi connectivity index (χ4n) is 4.60. The van der Waals surface area contributed by atoms with Crippen molar-refractivity contribution in [2.45, 2.75) is 49.9 Å². The van der Waals surface area contributed by atoms with Crippen LogP contribution in [-0.2, 0) is 15.0 Å². The molecule has 0 aromatic heterocycles. The van der Waals surface area contributed by atoms with E-state index in [4.69, 9.17) is 11.1 Å². The minimum atomic E-state index is -1.35. The van der Waals surface area contributed by atoms with Gasteiger partial charge in [0, 0.05) is 6.42 Å². The van der Waals surface area contributed by atoms with Crippen LogP contribution in [0.1, 0.15) is 48.9 Å². The first-order chi connectivity index (χ1) is 16.8. The average molecular weight is 483 g/mol. The van der Waals surface area contributed by atoms with Crippen molar-refractivity contribution in [3.8, 4) is 0 Å². The Kier molecular flexibility index (Phi) is 6.95. The molecule has 2 fully saturated rings. The van der Waals surface area contributed by atoms with Gasteiger partial charge in [-0.25, -0.2) is 13.4 Å². The molecule has 1 aliphatic heterocycles. The number of amides is 2. The quantitative estimate of drug-likeness (QED) is 0.306. The van der Waals surface area contributed by atoms with Gasteiger partial charge in [0.25, 0.3) is 5.91 Å². The van der Waals surface area contributed by atoms with E-state index in [-0.39, 0.29) is 30.7 Å². The minimum absolute atomic E-state index is 0.137. The van der Waals surface area contributed by atoms with E-state index in [1.807, 2.05) is 43.3 Å². The second-order valence-electron chi connectivity index (χ2n) is 9.50. The number of likely N-dealkylation sites (tertiary alicyclic amines) is 1. The van der Waals surface area contributed by atoms with Crippen molar-refractivity contribution in [3.05, 3.63) is 71.0 Å². The Bertz CT molecular complexity index is 1150. The summed E-state index contributed by atoms with van der Waals surface area (Å²) in [5, 5.41) is 10.2. The van der Waals surface area contributed by atoms with Gasteiger partial charge in [-0.15, -0.1) is 0 Å². The lowest BCUT2D eigenvalue weighted by Gasteiger charge is -2.27. The first-order valence-corrected chi connectivity index (χ1v) is 11.7. The van der Waals surface area contributed by atoms with E-state index in [1.54, 1.807) is 6.07 Å². The number of rotatable bonds is 8. The molecule has 2 aromatic carbocycles. The lowest BCUT2D eigenvalue weighted by molar-refractivity contribution is -0.384. The van der Waals surface area contributed by atoms with Gasteiger partial charge < -0.3 is 16.0 Å². The minimum Gasteiger partial charge on any atom is -0.343 e. The lowest BCUT2D eigenvalue weighted by atomic mass is 9.92. The Labute approximate surface area is 203 Å². The Morgan fingerprint density at radius 1 is 1.26 bits per heavy atom. The molecule has 7 nitrogen and oxygen atoms in total. The molecule has 1 heterocycles. The summed E-state index contributed by atoms with van der Waals surface area (Å²) in [5.74, 6) is -1.35. The second kappa shape index (κ2) is 9.93. The summed E-state index contributed by atoms with van der Waals surface area (Å²) in [7, 11) is 0. The SMILES string of the molecule is CC1(c2ccc([C@@H](NC(=O)[C@@H]3C[C@@H](F)CN3C(=O)C[N+](C=N)=CN)c3ccccc3)cc2F)CC1. The van der Waals surface area contributed by atoms with Crippen LogP contribution in [0.15, 0.2) is 48.5 Å². The van der Waals surface area contributed by atoms with Crippen LogP contribution in [0.4, 0.5) is 8.78 Å². The van der Waals surface area contributed by atoms with Crippen LogP contribution < -0.4 is 11.1 Å². The third-order valence-corrected chi connectivity index (χ3v) is 6.94. The number of halogens is 2. The summed E-state index contributed by atoms with van der Waals surface area (Å²) in [6.45, 7) is 1.54. The van der Waals surface area contributed by atoms with Crippen molar-refractivity contribution in [2.24, 2.45) is 5.73 Å². The standard InChI is InChI=1S/C26H29F2N5O2/c1-26(9-10-26)20-8-7-18(11-21(20)28)24(17-5-3-2-4-6-17)31-25(35)22-12-19(27)13-33(22)23(34)14-32(15-29)16-30/h2-8,11,15-16,19,22,24,29-30H,9-10,12-14H2,1H3,(H,31,35)/p+1/t19-,22+,24+/m1/s1. The zero-order chi connectivity index (χ0) is 25.2. The molecule has 0 unspecified atom stereocenters. The van der Waals surface area contributed by atoms with E-state index in [2.05, 4.69) is 5.32 Å². The summed E-state index contributed by atoms with van der Waals surface area (Å²) in [6.07, 6.45) is 2.33. The number of benzene rings is 2. The Hall–Kier alpha value is -3.62. The van der Waals surface area contributed by atoms with E-state index in [0.29, 0.717) is 11.1 Å². The molecule has 2 aliphatic rings. The normalized spacial score (nSPS) is 21.9. The summed E-state index contributed by atoms with van der Waals surface area (Å²) in [4.78, 5) is 27.3. The largest absolute Gasteiger partial charge is 0.343 e. The first kappa shape index (κ1) is 24.5. The molecule has 1 saturated carbocycles. The number of hydrogen-bond donors (Lipinski definition) is 3. The van der Waals surface area contributed by atoms with E-state index in [9.17, 15) is 14.0 Å². The van der Waals surface area contributed by atoms with Gasteiger partial charge in [0.05, 0.1) is 12.6 Å². The molecule has 9 heteroatoms. The number of nitrogens with one attached hydrogen (secondary N) is 2. The Morgan fingerprint density at radius 3 is 2.57 bits per heavy atom. The molecule has 1 aliphatic carbocycles. The Balaban J connectivity index is 1.59. The van der Waals surface area contributed by atoms with Crippen molar-refractivity contribution in [1.82, 2.24) is 10.2 Å². The van der Waals surface area contributed by atoms with Crippen LogP contribution in [0.25, 0.3) is 0 Å². The van der Waals surface area contributed by atoms with Gasteiger partial charge in [0.2, 0.25) is 12.2 Å². The van der Waals surface area contributed by atoms with Crippen LogP contribution in [0.5, 0.6) is 0 Å². The van der Waals surface area contributed by atoms with Gasteiger partial charge in [-0.3, -0.25) is 9.59 Å². The van der Waals surface area contributed by atoms with Gasteiger partial charge in [0.1, 0.15) is 24.6 Å². The Morgan fingerprint density at radius 2 is 1.97 bits per heavy atom. The van der Waals surface area contributed by atoms with E-state index < -0.39 is 30.1 Å². The summed E-state index contributed by atoms with van der Waals surface area (Å²) < 4.78 is 30.5. The number of carbonyl (C=O) groups is 2. The molecule has 4 rings (SSSR count). The first-order valence-electron chi connectivity index (χ1n) is 11.7. The molecule has 0 spiro atoms. The predicted octanol–water partition coefficient (Wildman–Crippen LogP) is 2.63. The van der Waals surface area contributed by atoms with Crippen molar-refractivity contribution in [1.29, 1.82) is 5.41 Å².